The van der Waals surface area contributed by atoms with Crippen molar-refractivity contribution in [3.63, 3.8) is 0 Å². The van der Waals surface area contributed by atoms with Crippen LogP contribution in [0.5, 0.6) is 5.75 Å². The van der Waals surface area contributed by atoms with E-state index in [1.54, 1.807) is 12.1 Å². The second-order valence-electron chi connectivity index (χ2n) is 13.3. The molecule has 4 nitrogen and oxygen atoms in total. The predicted octanol–water partition coefficient (Wildman–Crippen LogP) is 10.7. The highest BCUT2D eigenvalue weighted by molar-refractivity contribution is 5.98. The molecule has 0 atom stereocenters. The number of nitrogens with zero attached hydrogens (tertiary/aromatic N) is 2. The monoisotopic (exact) mass is 588 g/mol. The Bertz CT molecular complexity index is 2190. The molecule has 0 spiro atoms. The fourth-order valence-corrected chi connectivity index (χ4v) is 6.12. The summed E-state index contributed by atoms with van der Waals surface area (Å²) in [7, 11) is 0. The third-order valence-corrected chi connectivity index (χ3v) is 8.90. The molecule has 45 heavy (non-hydrogen) atoms. The second kappa shape index (κ2) is 10.7. The molecule has 1 N–H and O–H groups in total. The summed E-state index contributed by atoms with van der Waals surface area (Å²) >= 11 is 0. The lowest BCUT2D eigenvalue weighted by Crippen LogP contribution is -2.19. The number of rotatable bonds is 5. The summed E-state index contributed by atoms with van der Waals surface area (Å²) in [5, 5.41) is 11.7. The minimum absolute atomic E-state index is 0.0335. The number of benzene rings is 5. The molecule has 4 heteroatoms. The van der Waals surface area contributed by atoms with Crippen molar-refractivity contribution in [2.75, 3.05) is 0 Å². The summed E-state index contributed by atoms with van der Waals surface area (Å²) in [5.41, 5.74) is 10.5. The normalized spacial score (nSPS) is 12.2. The fraction of sp³-hybridized carbons (Fsp3) is 0.171. The van der Waals surface area contributed by atoms with Crippen LogP contribution in [0.3, 0.4) is 0 Å². The Hall–Kier alpha value is -5.22. The van der Waals surface area contributed by atoms with Gasteiger partial charge in [0.05, 0.1) is 11.1 Å². The van der Waals surface area contributed by atoms with Gasteiger partial charge < -0.3 is 9.52 Å². The van der Waals surface area contributed by atoms with E-state index in [1.807, 2.05) is 36.5 Å². The third kappa shape index (κ3) is 5.17. The van der Waals surface area contributed by atoms with Crippen LogP contribution in [0.1, 0.15) is 51.3 Å². The van der Waals surface area contributed by atoms with Crippen LogP contribution in [0.2, 0.25) is 0 Å². The van der Waals surface area contributed by atoms with Crippen molar-refractivity contribution in [1.82, 2.24) is 9.97 Å². The van der Waals surface area contributed by atoms with Gasteiger partial charge in [-0.05, 0) is 75.7 Å². The zero-order valence-electron chi connectivity index (χ0n) is 26.3. The van der Waals surface area contributed by atoms with Gasteiger partial charge in [0.15, 0.2) is 5.58 Å². The van der Waals surface area contributed by atoms with E-state index in [4.69, 9.17) is 14.4 Å². The first kappa shape index (κ1) is 28.5. The molecule has 0 fully saturated rings. The number of aromatic hydroxyl groups is 1. The Morgan fingerprint density at radius 2 is 1.29 bits per heavy atom. The number of para-hydroxylation sites is 2. The minimum atomic E-state index is -0.282. The molecule has 0 aliphatic heterocycles. The number of phenols is 1. The molecular weight excluding hydrogens is 552 g/mol. The zero-order valence-corrected chi connectivity index (χ0v) is 26.3. The quantitative estimate of drug-likeness (QED) is 0.217. The van der Waals surface area contributed by atoms with Crippen LogP contribution in [-0.2, 0) is 10.8 Å². The van der Waals surface area contributed by atoms with E-state index in [1.165, 1.54) is 16.7 Å². The molecule has 7 rings (SSSR count). The van der Waals surface area contributed by atoms with E-state index in [9.17, 15) is 5.11 Å². The van der Waals surface area contributed by atoms with Crippen LogP contribution in [0.25, 0.3) is 55.7 Å². The van der Waals surface area contributed by atoms with Gasteiger partial charge in [0.1, 0.15) is 11.3 Å². The second-order valence-corrected chi connectivity index (χ2v) is 13.3. The molecule has 0 aliphatic rings. The van der Waals surface area contributed by atoms with Crippen LogP contribution >= 0.6 is 0 Å². The summed E-state index contributed by atoms with van der Waals surface area (Å²) in [4.78, 5) is 9.81. The minimum Gasteiger partial charge on any atom is -0.507 e. The van der Waals surface area contributed by atoms with Gasteiger partial charge in [0, 0.05) is 28.1 Å². The molecule has 222 valence electrons. The van der Waals surface area contributed by atoms with E-state index in [2.05, 4.69) is 107 Å². The number of pyridine rings is 1. The average molecular weight is 589 g/mol. The molecule has 0 unspecified atom stereocenters. The first-order chi connectivity index (χ1) is 21.6. The largest absolute Gasteiger partial charge is 0.507 e. The summed E-state index contributed by atoms with van der Waals surface area (Å²) in [5.74, 6) is 0.530. The summed E-state index contributed by atoms with van der Waals surface area (Å²) in [6.45, 7) is 11.3. The Labute approximate surface area is 264 Å². The van der Waals surface area contributed by atoms with E-state index >= 15 is 0 Å². The number of oxazole rings is 1. The average Bonchev–Trinajstić information content (AvgIpc) is 3.48. The van der Waals surface area contributed by atoms with Gasteiger partial charge in [-0.2, -0.15) is 0 Å². The SMILES string of the molecule is CC(C)(C)c1cc(-c2cc(-c3cccc4oc(-c5ccccc5O)nc34)cc(C(C)(C)c3ccccc3)c2)c2ncccc2c1. The van der Waals surface area contributed by atoms with Gasteiger partial charge in [-0.15, -0.1) is 0 Å². The topological polar surface area (TPSA) is 59.2 Å². The van der Waals surface area contributed by atoms with Gasteiger partial charge in [-0.1, -0.05) is 107 Å². The molecule has 2 heterocycles. The molecular formula is C41H36N2O2. The van der Waals surface area contributed by atoms with Crippen LogP contribution in [0.15, 0.2) is 126 Å². The molecule has 0 saturated carbocycles. The van der Waals surface area contributed by atoms with Gasteiger partial charge in [-0.25, -0.2) is 4.98 Å². The molecule has 0 aliphatic carbocycles. The molecule has 7 aromatic rings. The Morgan fingerprint density at radius 1 is 0.578 bits per heavy atom. The maximum atomic E-state index is 10.5. The number of hydrogen-bond acceptors (Lipinski definition) is 4. The lowest BCUT2D eigenvalue weighted by Gasteiger charge is -2.28. The Balaban J connectivity index is 1.51. The van der Waals surface area contributed by atoms with Crippen LogP contribution < -0.4 is 0 Å². The van der Waals surface area contributed by atoms with Gasteiger partial charge in [0.2, 0.25) is 5.89 Å². The molecule has 0 saturated heterocycles. The van der Waals surface area contributed by atoms with Crippen LogP contribution in [0, 0.1) is 0 Å². The maximum Gasteiger partial charge on any atom is 0.231 e. The van der Waals surface area contributed by atoms with E-state index in [0.29, 0.717) is 17.0 Å². The highest BCUT2D eigenvalue weighted by Crippen LogP contribution is 2.42. The molecule has 5 aromatic carbocycles. The van der Waals surface area contributed by atoms with Crippen molar-refractivity contribution < 1.29 is 9.52 Å². The van der Waals surface area contributed by atoms with Gasteiger partial charge >= 0.3 is 0 Å². The van der Waals surface area contributed by atoms with E-state index in [0.717, 1.165) is 38.7 Å². The Morgan fingerprint density at radius 3 is 2.04 bits per heavy atom. The number of phenolic OH excluding ortho intramolecular Hbond substituents is 1. The van der Waals surface area contributed by atoms with Crippen molar-refractivity contribution >= 4 is 22.0 Å². The lowest BCUT2D eigenvalue weighted by molar-refractivity contribution is 0.474. The van der Waals surface area contributed by atoms with Gasteiger partial charge in [-0.3, -0.25) is 4.98 Å². The predicted molar refractivity (Wildman–Crippen MR) is 185 cm³/mol. The fourth-order valence-electron chi connectivity index (χ4n) is 6.12. The summed E-state index contributed by atoms with van der Waals surface area (Å²) in [6, 6.07) is 39.4. The molecule has 0 bridgehead atoms. The first-order valence-corrected chi connectivity index (χ1v) is 15.4. The molecule has 2 aromatic heterocycles. The zero-order chi connectivity index (χ0) is 31.3. The van der Waals surface area contributed by atoms with Crippen molar-refractivity contribution in [3.05, 3.63) is 138 Å². The summed E-state index contributed by atoms with van der Waals surface area (Å²) < 4.78 is 6.21. The smallest absolute Gasteiger partial charge is 0.231 e. The van der Waals surface area contributed by atoms with Crippen LogP contribution in [-0.4, -0.2) is 15.1 Å². The molecule has 0 radical (unpaired) electrons. The highest BCUT2D eigenvalue weighted by Gasteiger charge is 2.26. The van der Waals surface area contributed by atoms with Crippen LogP contribution in [0.4, 0.5) is 0 Å². The van der Waals surface area contributed by atoms with Gasteiger partial charge in [0.25, 0.3) is 0 Å². The highest BCUT2D eigenvalue weighted by atomic mass is 16.3. The third-order valence-electron chi connectivity index (χ3n) is 8.90. The van der Waals surface area contributed by atoms with E-state index < -0.39 is 0 Å². The molecule has 0 amide bonds. The number of hydrogen-bond donors (Lipinski definition) is 1. The lowest BCUT2D eigenvalue weighted by atomic mass is 9.76. The van der Waals surface area contributed by atoms with Crippen molar-refractivity contribution in [2.45, 2.75) is 45.4 Å². The van der Waals surface area contributed by atoms with E-state index in [-0.39, 0.29) is 16.6 Å². The van der Waals surface area contributed by atoms with Crippen molar-refractivity contribution in [1.29, 1.82) is 0 Å². The maximum absolute atomic E-state index is 10.5. The van der Waals surface area contributed by atoms with Crippen molar-refractivity contribution in [3.8, 4) is 39.5 Å². The summed E-state index contributed by atoms with van der Waals surface area (Å²) in [6.07, 6.45) is 1.87. The first-order valence-electron chi connectivity index (χ1n) is 15.4. The number of aromatic nitrogens is 2. The number of fused-ring (bicyclic) bond motifs is 2. The van der Waals surface area contributed by atoms with Crippen molar-refractivity contribution in [2.24, 2.45) is 0 Å². The standard InChI is InChI=1S/C41H36N2O2/c1-40(2,3)30-22-26-13-12-20-42-37(26)34(25-30)28-21-27(23-31(24-28)41(4,5)29-14-7-6-8-15-29)32-17-11-19-36-38(32)43-39(45-36)33-16-9-10-18-35(33)44/h6-25,44H,1-5H3. The Kier molecular flexibility index (Phi) is 6.81.